The lowest BCUT2D eigenvalue weighted by Crippen LogP contribution is -2.63. The van der Waals surface area contributed by atoms with Crippen molar-refractivity contribution in [1.82, 2.24) is 15.2 Å². The Labute approximate surface area is 209 Å². The lowest BCUT2D eigenvalue weighted by atomic mass is 9.99. The lowest BCUT2D eigenvalue weighted by molar-refractivity contribution is -0.791. The van der Waals surface area contributed by atoms with Gasteiger partial charge < -0.3 is 20.5 Å². The van der Waals surface area contributed by atoms with E-state index in [1.807, 2.05) is 36.5 Å². The zero-order valence-corrected chi connectivity index (χ0v) is 20.6. The van der Waals surface area contributed by atoms with Crippen LogP contribution < -0.4 is 5.32 Å². The molecule has 1 fully saturated rings. The normalized spacial score (nSPS) is 21.1. The van der Waals surface area contributed by atoms with Crippen LogP contribution in [0.5, 0.6) is 0 Å². The minimum atomic E-state index is -1.18. The van der Waals surface area contributed by atoms with Crippen LogP contribution in [0, 0.1) is 0 Å². The highest BCUT2D eigenvalue weighted by atomic mass is 16.4. The fraction of sp³-hybridized carbons (Fsp3) is 0.370. The van der Waals surface area contributed by atoms with Crippen molar-refractivity contribution in [3.63, 3.8) is 0 Å². The number of fused-ring (bicyclic) bond motifs is 1. The van der Waals surface area contributed by atoms with Crippen LogP contribution in [0.25, 0.3) is 10.9 Å². The molecule has 36 heavy (non-hydrogen) atoms. The Hall–Kier alpha value is -3.69. The van der Waals surface area contributed by atoms with E-state index in [0.717, 1.165) is 16.5 Å². The molecule has 3 unspecified atom stereocenters. The SMILES string of the molecule is C[C@@H]1CCC[N+]1(C(=O)O)C(=O)N(C)CC(O)C(Cc1c[nH]c2ccccc12)NC(=O)c1ccccc1. The van der Waals surface area contributed by atoms with Crippen LogP contribution in [0.15, 0.2) is 60.8 Å². The van der Waals surface area contributed by atoms with E-state index in [9.17, 15) is 24.6 Å². The number of aliphatic hydroxyl groups excluding tert-OH is 1. The number of urea groups is 1. The van der Waals surface area contributed by atoms with Gasteiger partial charge in [-0.05, 0) is 37.1 Å². The van der Waals surface area contributed by atoms with Gasteiger partial charge in [0.2, 0.25) is 0 Å². The Bertz CT molecular complexity index is 1240. The molecule has 4 atom stereocenters. The molecule has 1 aliphatic rings. The number of likely N-dealkylation sites (N-methyl/N-ethyl adjacent to an activating group) is 1. The topological polar surface area (TPSA) is 123 Å². The van der Waals surface area contributed by atoms with Gasteiger partial charge in [0.1, 0.15) is 6.04 Å². The smallest absolute Gasteiger partial charge is 0.435 e. The minimum Gasteiger partial charge on any atom is -0.435 e. The van der Waals surface area contributed by atoms with Gasteiger partial charge in [0, 0.05) is 42.6 Å². The Morgan fingerprint density at radius 1 is 1.14 bits per heavy atom. The molecule has 0 radical (unpaired) electrons. The van der Waals surface area contributed by atoms with Crippen LogP contribution in [0.3, 0.4) is 0 Å². The van der Waals surface area contributed by atoms with Crippen LogP contribution in [0.4, 0.5) is 9.59 Å². The maximum absolute atomic E-state index is 13.3. The first-order valence-electron chi connectivity index (χ1n) is 12.2. The standard InChI is InChI=1S/C27H32N4O5/c1-18-9-8-14-31(18,27(35)36)26(34)30(2)17-24(32)23(29-25(33)19-10-4-3-5-11-19)15-20-16-28-22-13-7-6-12-21(20)22/h3-7,10-13,16,18,23-24,28,32H,8-9,14-15,17H2,1-2H3,(H-,29,33,35,36)/p+1/t18-,23?,24?,31?/m1/s1. The molecular formula is C27H33N4O5+. The summed E-state index contributed by atoms with van der Waals surface area (Å²) in [6.07, 6.45) is 1.15. The number of carbonyl (C=O) groups is 3. The summed E-state index contributed by atoms with van der Waals surface area (Å²) in [5, 5.41) is 25.1. The van der Waals surface area contributed by atoms with Gasteiger partial charge in [0.25, 0.3) is 5.91 Å². The van der Waals surface area contributed by atoms with Crippen molar-refractivity contribution in [1.29, 1.82) is 0 Å². The number of nitrogens with one attached hydrogen (secondary N) is 2. The Kier molecular flexibility index (Phi) is 7.42. The van der Waals surface area contributed by atoms with Crippen molar-refractivity contribution < 1.29 is 29.1 Å². The van der Waals surface area contributed by atoms with Crippen molar-refractivity contribution in [3.8, 4) is 0 Å². The molecule has 4 amide bonds. The molecule has 9 heteroatoms. The zero-order valence-electron chi connectivity index (χ0n) is 20.6. The van der Waals surface area contributed by atoms with Crippen molar-refractivity contribution in [2.75, 3.05) is 20.1 Å². The van der Waals surface area contributed by atoms with E-state index in [4.69, 9.17) is 0 Å². The van der Waals surface area contributed by atoms with E-state index in [-0.39, 0.29) is 25.0 Å². The quantitative estimate of drug-likeness (QED) is 0.375. The summed E-state index contributed by atoms with van der Waals surface area (Å²) in [7, 11) is 1.50. The van der Waals surface area contributed by atoms with E-state index in [2.05, 4.69) is 10.3 Å². The number of aromatic amines is 1. The number of para-hydroxylation sites is 1. The number of H-pyrrole nitrogens is 1. The van der Waals surface area contributed by atoms with Crippen LogP contribution in [0.1, 0.15) is 35.7 Å². The average Bonchev–Trinajstić information content (AvgIpc) is 3.47. The van der Waals surface area contributed by atoms with Crippen molar-refractivity contribution in [2.45, 2.75) is 44.4 Å². The zero-order chi connectivity index (χ0) is 25.9. The highest BCUT2D eigenvalue weighted by Crippen LogP contribution is 2.29. The first-order chi connectivity index (χ1) is 17.2. The number of hydrogen-bond acceptors (Lipinski definition) is 4. The first-order valence-corrected chi connectivity index (χ1v) is 12.2. The third-order valence-electron chi connectivity index (χ3n) is 7.29. The van der Waals surface area contributed by atoms with E-state index < -0.39 is 28.8 Å². The summed E-state index contributed by atoms with van der Waals surface area (Å²) in [5.74, 6) is -0.337. The molecule has 4 N–H and O–H groups in total. The number of quaternary nitrogens is 1. The summed E-state index contributed by atoms with van der Waals surface area (Å²) in [6, 6.07) is 14.8. The van der Waals surface area contributed by atoms with E-state index in [0.29, 0.717) is 24.8 Å². The monoisotopic (exact) mass is 493 g/mol. The number of carboxylic acid groups (broad SMARTS) is 1. The van der Waals surface area contributed by atoms with Crippen molar-refractivity contribution >= 4 is 28.9 Å². The van der Waals surface area contributed by atoms with Gasteiger partial charge >= 0.3 is 12.1 Å². The summed E-state index contributed by atoms with van der Waals surface area (Å²) in [5.41, 5.74) is 2.32. The van der Waals surface area contributed by atoms with Crippen LogP contribution in [-0.2, 0) is 6.42 Å². The van der Waals surface area contributed by atoms with E-state index in [1.54, 1.807) is 31.2 Å². The molecular weight excluding hydrogens is 460 g/mol. The fourth-order valence-electron chi connectivity index (χ4n) is 5.18. The van der Waals surface area contributed by atoms with Gasteiger partial charge in [-0.1, -0.05) is 36.4 Å². The molecule has 1 aromatic heterocycles. The summed E-state index contributed by atoms with van der Waals surface area (Å²) in [4.78, 5) is 42.9. The Morgan fingerprint density at radius 2 is 1.83 bits per heavy atom. The number of aliphatic hydroxyl groups is 1. The molecule has 2 aromatic carbocycles. The van der Waals surface area contributed by atoms with E-state index >= 15 is 0 Å². The molecule has 0 bridgehead atoms. The number of hydrogen-bond donors (Lipinski definition) is 4. The third kappa shape index (κ3) is 4.84. The third-order valence-corrected chi connectivity index (χ3v) is 7.29. The summed E-state index contributed by atoms with van der Waals surface area (Å²) >= 11 is 0. The minimum absolute atomic E-state index is 0.124. The average molecular weight is 494 g/mol. The predicted molar refractivity (Wildman–Crippen MR) is 136 cm³/mol. The molecule has 0 saturated carbocycles. The summed E-state index contributed by atoms with van der Waals surface area (Å²) < 4.78 is -0.674. The van der Waals surface area contributed by atoms with Crippen LogP contribution in [-0.4, -0.2) is 80.9 Å². The number of nitrogens with zero attached hydrogens (tertiary/aromatic N) is 2. The van der Waals surface area contributed by atoms with Gasteiger partial charge in [0.05, 0.1) is 25.2 Å². The van der Waals surface area contributed by atoms with Crippen LogP contribution in [0.2, 0.25) is 0 Å². The Morgan fingerprint density at radius 3 is 2.50 bits per heavy atom. The highest BCUT2D eigenvalue weighted by Gasteiger charge is 2.54. The number of rotatable bonds is 7. The maximum Gasteiger partial charge on any atom is 0.523 e. The lowest BCUT2D eigenvalue weighted by Gasteiger charge is -2.34. The Balaban J connectivity index is 1.56. The molecule has 0 spiro atoms. The molecule has 1 saturated heterocycles. The molecule has 9 nitrogen and oxygen atoms in total. The number of likely N-dealkylation sites (tertiary alicyclic amines) is 1. The van der Waals surface area contributed by atoms with Gasteiger partial charge in [0.15, 0.2) is 0 Å². The van der Waals surface area contributed by atoms with E-state index in [1.165, 1.54) is 11.9 Å². The van der Waals surface area contributed by atoms with Gasteiger partial charge in [-0.25, -0.2) is 4.79 Å². The van der Waals surface area contributed by atoms with Crippen LogP contribution >= 0.6 is 0 Å². The second kappa shape index (κ2) is 10.5. The molecule has 2 heterocycles. The van der Waals surface area contributed by atoms with Crippen molar-refractivity contribution in [2.24, 2.45) is 0 Å². The van der Waals surface area contributed by atoms with Gasteiger partial charge in [-0.3, -0.25) is 9.69 Å². The number of amides is 4. The predicted octanol–water partition coefficient (Wildman–Crippen LogP) is 3.60. The maximum atomic E-state index is 13.3. The number of carbonyl (C=O) groups excluding carboxylic acids is 2. The number of aromatic nitrogens is 1. The molecule has 3 aromatic rings. The second-order valence-electron chi connectivity index (χ2n) is 9.61. The van der Waals surface area contributed by atoms with Gasteiger partial charge in [-0.2, -0.15) is 4.79 Å². The second-order valence-corrected chi connectivity index (χ2v) is 9.61. The fourth-order valence-corrected chi connectivity index (χ4v) is 5.18. The van der Waals surface area contributed by atoms with Crippen molar-refractivity contribution in [3.05, 3.63) is 71.9 Å². The largest absolute Gasteiger partial charge is 0.523 e. The summed E-state index contributed by atoms with van der Waals surface area (Å²) in [6.45, 7) is 1.86. The number of benzene rings is 2. The molecule has 190 valence electrons. The molecule has 0 aliphatic carbocycles. The molecule has 1 aliphatic heterocycles. The highest BCUT2D eigenvalue weighted by molar-refractivity contribution is 5.94. The molecule has 4 rings (SSSR count). The first kappa shape index (κ1) is 25.4. The van der Waals surface area contributed by atoms with Gasteiger partial charge in [-0.15, -0.1) is 4.48 Å². The number of imide groups is 1.